The van der Waals surface area contributed by atoms with E-state index < -0.39 is 98.5 Å². The molecule has 338 valence electrons. The van der Waals surface area contributed by atoms with Crippen LogP contribution in [0.25, 0.3) is 18.2 Å². The summed E-state index contributed by atoms with van der Waals surface area (Å²) in [6, 6.07) is 14.1. The van der Waals surface area contributed by atoms with Gasteiger partial charge in [-0.05, 0) is 71.3 Å². The molecule has 2 aliphatic heterocycles. The molecule has 3 aromatic rings. The van der Waals surface area contributed by atoms with Crippen LogP contribution >= 0.6 is 0 Å². The van der Waals surface area contributed by atoms with Gasteiger partial charge in [-0.2, -0.15) is 0 Å². The quantitative estimate of drug-likeness (QED) is 0.0567. The number of phenols is 3. The zero-order valence-electron chi connectivity index (χ0n) is 33.9. The lowest BCUT2D eigenvalue weighted by Crippen LogP contribution is -2.63. The van der Waals surface area contributed by atoms with Gasteiger partial charge in [-0.15, -0.1) is 0 Å². The predicted octanol–water partition coefficient (Wildman–Crippen LogP) is 1.10. The first kappa shape index (κ1) is 47.5. The van der Waals surface area contributed by atoms with Gasteiger partial charge in [-0.1, -0.05) is 24.3 Å². The summed E-state index contributed by atoms with van der Waals surface area (Å²) in [6.07, 6.45) is -8.27. The first-order valence-corrected chi connectivity index (χ1v) is 19.0. The van der Waals surface area contributed by atoms with Crippen LogP contribution in [0.3, 0.4) is 0 Å². The van der Waals surface area contributed by atoms with E-state index in [4.69, 9.17) is 42.6 Å². The summed E-state index contributed by atoms with van der Waals surface area (Å²) in [6.45, 7) is -1.38. The second-order valence-electron chi connectivity index (χ2n) is 13.9. The highest BCUT2D eigenvalue weighted by Gasteiger charge is 2.62. The first-order valence-electron chi connectivity index (χ1n) is 19.0. The fraction of sp³-hybridized carbons (Fsp3) is 0.349. The van der Waals surface area contributed by atoms with Crippen LogP contribution in [0.2, 0.25) is 0 Å². The largest absolute Gasteiger partial charge is 0.508 e. The Hall–Kier alpha value is -6.52. The third kappa shape index (κ3) is 12.5. The maximum absolute atomic E-state index is 13.5. The number of hydrogen-bond donors (Lipinski definition) is 7. The van der Waals surface area contributed by atoms with Gasteiger partial charge in [0, 0.05) is 25.2 Å². The average molecular weight is 883 g/mol. The molecule has 9 atom stereocenters. The number of aliphatic hydroxyl groups excluding tert-OH is 4. The minimum atomic E-state index is -2.66. The van der Waals surface area contributed by atoms with Gasteiger partial charge in [0.15, 0.2) is 35.4 Å². The van der Waals surface area contributed by atoms with Crippen molar-refractivity contribution in [2.75, 3.05) is 34.0 Å². The van der Waals surface area contributed by atoms with Crippen LogP contribution < -0.4 is 9.47 Å². The molecule has 5 rings (SSSR count). The molecule has 2 aliphatic rings. The monoisotopic (exact) mass is 882 g/mol. The average Bonchev–Trinajstić information content (AvgIpc) is 3.52. The summed E-state index contributed by atoms with van der Waals surface area (Å²) in [4.78, 5) is 51.1. The molecule has 0 spiro atoms. The van der Waals surface area contributed by atoms with Crippen molar-refractivity contribution in [1.29, 1.82) is 0 Å². The van der Waals surface area contributed by atoms with Crippen molar-refractivity contribution in [3.8, 4) is 28.7 Å². The van der Waals surface area contributed by atoms with Crippen LogP contribution in [0.4, 0.5) is 0 Å². The van der Waals surface area contributed by atoms with Gasteiger partial charge in [-0.25, -0.2) is 14.4 Å². The normalized spacial score (nSPS) is 25.8. The van der Waals surface area contributed by atoms with Crippen LogP contribution in [-0.4, -0.2) is 148 Å². The number of carbonyl (C=O) groups excluding carboxylic acids is 4. The Morgan fingerprint density at radius 2 is 1.16 bits per heavy atom. The molecular weight excluding hydrogens is 836 g/mol. The highest BCUT2D eigenvalue weighted by molar-refractivity contribution is 5.88. The van der Waals surface area contributed by atoms with E-state index in [9.17, 15) is 54.9 Å². The maximum atomic E-state index is 13.5. The Bertz CT molecular complexity index is 2170. The molecule has 63 heavy (non-hydrogen) atoms. The van der Waals surface area contributed by atoms with Gasteiger partial charge in [0.2, 0.25) is 5.79 Å². The summed E-state index contributed by atoms with van der Waals surface area (Å²) < 4.78 is 49.5. The van der Waals surface area contributed by atoms with Crippen LogP contribution in [0.15, 0.2) is 78.9 Å². The van der Waals surface area contributed by atoms with E-state index >= 15 is 0 Å². The number of phenolic OH excluding ortho intramolecular Hbond substituents is 3. The summed E-state index contributed by atoms with van der Waals surface area (Å²) in [7, 11) is 2.65. The second kappa shape index (κ2) is 21.5. The molecule has 0 aliphatic carbocycles. The van der Waals surface area contributed by atoms with Crippen molar-refractivity contribution in [1.82, 2.24) is 0 Å². The Morgan fingerprint density at radius 3 is 1.73 bits per heavy atom. The molecule has 20 heteroatoms. The van der Waals surface area contributed by atoms with Crippen LogP contribution in [0.1, 0.15) is 23.6 Å². The minimum Gasteiger partial charge on any atom is -0.508 e. The number of hydrogen-bond acceptors (Lipinski definition) is 20. The number of carbonyl (C=O) groups is 4. The second-order valence-corrected chi connectivity index (χ2v) is 13.9. The van der Waals surface area contributed by atoms with Crippen molar-refractivity contribution in [2.45, 2.75) is 61.7 Å². The molecule has 0 saturated carbocycles. The van der Waals surface area contributed by atoms with E-state index in [-0.39, 0.29) is 28.7 Å². The van der Waals surface area contributed by atoms with Gasteiger partial charge < -0.3 is 78.4 Å². The van der Waals surface area contributed by atoms with E-state index in [1.165, 1.54) is 93.1 Å². The lowest BCUT2D eigenvalue weighted by Gasteiger charge is -2.43. The molecule has 3 aromatic carbocycles. The molecule has 2 heterocycles. The Kier molecular flexibility index (Phi) is 16.2. The Labute approximate surface area is 359 Å². The van der Waals surface area contributed by atoms with Crippen LogP contribution in [0, 0.1) is 0 Å². The van der Waals surface area contributed by atoms with Crippen molar-refractivity contribution < 1.29 is 97.6 Å². The molecule has 2 saturated heterocycles. The summed E-state index contributed by atoms with van der Waals surface area (Å²) in [5.74, 6) is -6.74. The SMILES string of the molecule is COc1cc(/C=C\C(=O)O[C@H]2[C@H](O)[C@@H](COC(=O)/C=C/c3ccc(O)c(OC)c3)O[C@@]2(COC(=O)/C=C/c2ccc(O)cc2)O[C@H]2O[C@H](COC(C)=O)[C@@H](O)[C@H](O)[C@H]2O)ccc1O. The molecule has 0 radical (unpaired) electrons. The van der Waals surface area contributed by atoms with Crippen molar-refractivity contribution in [3.63, 3.8) is 0 Å². The smallest absolute Gasteiger partial charge is 0.331 e. The van der Waals surface area contributed by atoms with E-state index in [0.29, 0.717) is 16.7 Å². The predicted molar refractivity (Wildman–Crippen MR) is 214 cm³/mol. The summed E-state index contributed by atoms with van der Waals surface area (Å²) >= 11 is 0. The summed E-state index contributed by atoms with van der Waals surface area (Å²) in [5, 5.41) is 73.7. The third-order valence-electron chi connectivity index (χ3n) is 9.50. The Morgan fingerprint density at radius 1 is 0.635 bits per heavy atom. The lowest BCUT2D eigenvalue weighted by molar-refractivity contribution is -0.383. The first-order chi connectivity index (χ1) is 30.0. The molecule has 0 aromatic heterocycles. The zero-order chi connectivity index (χ0) is 45.8. The third-order valence-corrected chi connectivity index (χ3v) is 9.50. The van der Waals surface area contributed by atoms with E-state index in [1.54, 1.807) is 0 Å². The molecule has 0 unspecified atom stereocenters. The standard InChI is InChI=1S/C43H46O20/c1-23(44)57-20-32-37(51)39(53)40(54)42(60-32)63-43(22-59-35(49)15-8-24-4-11-27(45)12-5-24)41(61-36(50)17-10-26-7-14-29(47)31(19-26)56-3)38(52)33(62-43)21-58-34(48)16-9-25-6-13-28(46)30(18-25)55-2/h4-19,32-33,37-42,45-47,51-54H,20-22H2,1-3H3/b15-8+,16-9+,17-10-/t32-,33-,37-,38-,39+,40-,41+,42-,43+/m1/s1. The minimum absolute atomic E-state index is 0.0295. The molecule has 20 nitrogen and oxygen atoms in total. The number of esters is 4. The highest BCUT2D eigenvalue weighted by Crippen LogP contribution is 2.39. The number of methoxy groups -OCH3 is 2. The molecule has 0 amide bonds. The number of aromatic hydroxyl groups is 3. The van der Waals surface area contributed by atoms with Crippen LogP contribution in [0.5, 0.6) is 28.7 Å². The van der Waals surface area contributed by atoms with Gasteiger partial charge >= 0.3 is 23.9 Å². The zero-order valence-corrected chi connectivity index (χ0v) is 33.9. The molecular formula is C43H46O20. The summed E-state index contributed by atoms with van der Waals surface area (Å²) in [5.41, 5.74) is 1.26. The maximum Gasteiger partial charge on any atom is 0.331 e. The molecule has 7 N–H and O–H groups in total. The number of ether oxygens (including phenoxy) is 9. The fourth-order valence-corrected chi connectivity index (χ4v) is 6.20. The number of aliphatic hydroxyl groups is 4. The highest BCUT2D eigenvalue weighted by atomic mass is 16.8. The van der Waals surface area contributed by atoms with Gasteiger partial charge in [-0.3, -0.25) is 4.79 Å². The molecule has 2 fully saturated rings. The topological polar surface area (TPSA) is 293 Å². The van der Waals surface area contributed by atoms with Crippen molar-refractivity contribution >= 4 is 42.1 Å². The van der Waals surface area contributed by atoms with Gasteiger partial charge in [0.1, 0.15) is 62.2 Å². The van der Waals surface area contributed by atoms with Crippen molar-refractivity contribution in [2.24, 2.45) is 0 Å². The number of benzene rings is 3. The van der Waals surface area contributed by atoms with E-state index in [0.717, 1.165) is 25.2 Å². The molecule has 0 bridgehead atoms. The van der Waals surface area contributed by atoms with E-state index in [1.807, 2.05) is 0 Å². The van der Waals surface area contributed by atoms with Crippen molar-refractivity contribution in [3.05, 3.63) is 95.6 Å². The Balaban J connectivity index is 1.47. The van der Waals surface area contributed by atoms with Gasteiger partial charge in [0.05, 0.1) is 14.2 Å². The van der Waals surface area contributed by atoms with Crippen LogP contribution in [-0.2, 0) is 52.3 Å². The lowest BCUT2D eigenvalue weighted by atomic mass is 9.98. The van der Waals surface area contributed by atoms with E-state index in [2.05, 4.69) is 0 Å². The number of rotatable bonds is 17. The fourth-order valence-electron chi connectivity index (χ4n) is 6.20. The van der Waals surface area contributed by atoms with Gasteiger partial charge in [0.25, 0.3) is 0 Å².